The molecule has 5 nitrogen and oxygen atoms in total. The highest BCUT2D eigenvalue weighted by Gasteiger charge is 2.16. The molecule has 0 aliphatic rings. The summed E-state index contributed by atoms with van der Waals surface area (Å²) in [6.45, 7) is 2.92. The number of carboxylic acid groups (broad SMARTS) is 1. The lowest BCUT2D eigenvalue weighted by atomic mass is 10.1. The number of benzene rings is 1. The van der Waals surface area contributed by atoms with Gasteiger partial charge in [0.1, 0.15) is 5.69 Å². The lowest BCUT2D eigenvalue weighted by molar-refractivity contribution is 0.0690. The third kappa shape index (κ3) is 3.66. The summed E-state index contributed by atoms with van der Waals surface area (Å²) in [6, 6.07) is 12.5. The first-order valence-electron chi connectivity index (χ1n) is 6.64. The average Bonchev–Trinajstić information content (AvgIpc) is 2.53. The second-order valence-electron chi connectivity index (χ2n) is 4.54. The Morgan fingerprint density at radius 3 is 2.52 bits per heavy atom. The molecule has 0 fully saturated rings. The van der Waals surface area contributed by atoms with E-state index < -0.39 is 5.97 Å². The van der Waals surface area contributed by atoms with E-state index in [9.17, 15) is 9.59 Å². The van der Waals surface area contributed by atoms with E-state index in [1.807, 2.05) is 37.3 Å². The third-order valence-corrected chi connectivity index (χ3v) is 3.11. The lowest BCUT2D eigenvalue weighted by Gasteiger charge is -2.21. The highest BCUT2D eigenvalue weighted by atomic mass is 16.4. The fraction of sp³-hybridized carbons (Fsp3) is 0.188. The van der Waals surface area contributed by atoms with E-state index in [2.05, 4.69) is 4.98 Å². The van der Waals surface area contributed by atoms with Crippen LogP contribution in [0.3, 0.4) is 0 Å². The second kappa shape index (κ2) is 6.65. The van der Waals surface area contributed by atoms with Crippen LogP contribution in [0.5, 0.6) is 0 Å². The molecule has 1 aromatic heterocycles. The number of carbonyl (C=O) groups is 2. The standard InChI is InChI=1S/C16H16N2O3/c1-2-18(11-12-6-4-3-5-7-12)15(19)13-8-9-17-14(10-13)16(20)21/h3-10H,2,11H2,1H3,(H,20,21). The van der Waals surface area contributed by atoms with Crippen molar-refractivity contribution in [2.45, 2.75) is 13.5 Å². The Morgan fingerprint density at radius 1 is 1.19 bits per heavy atom. The summed E-state index contributed by atoms with van der Waals surface area (Å²) < 4.78 is 0. The molecule has 0 saturated heterocycles. The molecule has 5 heteroatoms. The maximum absolute atomic E-state index is 12.5. The molecule has 0 unspecified atom stereocenters. The normalized spacial score (nSPS) is 10.1. The lowest BCUT2D eigenvalue weighted by Crippen LogP contribution is -2.30. The van der Waals surface area contributed by atoms with E-state index in [-0.39, 0.29) is 11.6 Å². The second-order valence-corrected chi connectivity index (χ2v) is 4.54. The molecule has 0 saturated carbocycles. The van der Waals surface area contributed by atoms with Crippen LogP contribution in [0, 0.1) is 0 Å². The van der Waals surface area contributed by atoms with Crippen molar-refractivity contribution in [3.63, 3.8) is 0 Å². The largest absolute Gasteiger partial charge is 0.477 e. The Balaban J connectivity index is 2.20. The van der Waals surface area contributed by atoms with Gasteiger partial charge >= 0.3 is 5.97 Å². The van der Waals surface area contributed by atoms with Gasteiger partial charge in [-0.2, -0.15) is 0 Å². The maximum atomic E-state index is 12.5. The SMILES string of the molecule is CCN(Cc1ccccc1)C(=O)c1ccnc(C(=O)O)c1. The van der Waals surface area contributed by atoms with Gasteiger partial charge in [0.05, 0.1) is 0 Å². The van der Waals surface area contributed by atoms with Crippen molar-refractivity contribution in [3.05, 3.63) is 65.5 Å². The topological polar surface area (TPSA) is 70.5 Å². The zero-order valence-electron chi connectivity index (χ0n) is 11.7. The van der Waals surface area contributed by atoms with Gasteiger partial charge in [0, 0.05) is 24.8 Å². The summed E-state index contributed by atoms with van der Waals surface area (Å²) >= 11 is 0. The Labute approximate surface area is 122 Å². The van der Waals surface area contributed by atoms with Crippen LogP contribution in [0.25, 0.3) is 0 Å². The molecule has 0 spiro atoms. The first kappa shape index (κ1) is 14.7. The molecule has 1 amide bonds. The van der Waals surface area contributed by atoms with Crippen LogP contribution in [0.4, 0.5) is 0 Å². The van der Waals surface area contributed by atoms with Crippen molar-refractivity contribution >= 4 is 11.9 Å². The molecule has 21 heavy (non-hydrogen) atoms. The van der Waals surface area contributed by atoms with Gasteiger partial charge in [0.2, 0.25) is 0 Å². The summed E-state index contributed by atoms with van der Waals surface area (Å²) in [5.41, 5.74) is 1.23. The summed E-state index contributed by atoms with van der Waals surface area (Å²) in [5, 5.41) is 8.93. The minimum Gasteiger partial charge on any atom is -0.477 e. The molecule has 0 aliphatic carbocycles. The van der Waals surface area contributed by atoms with Gasteiger partial charge in [0.15, 0.2) is 0 Å². The molecular formula is C16H16N2O3. The Kier molecular flexibility index (Phi) is 4.66. The number of rotatable bonds is 5. The van der Waals surface area contributed by atoms with E-state index >= 15 is 0 Å². The zero-order valence-corrected chi connectivity index (χ0v) is 11.7. The van der Waals surface area contributed by atoms with Crippen LogP contribution in [0.15, 0.2) is 48.7 Å². The molecule has 108 valence electrons. The van der Waals surface area contributed by atoms with Gasteiger partial charge < -0.3 is 10.0 Å². The summed E-state index contributed by atoms with van der Waals surface area (Å²) in [7, 11) is 0. The fourth-order valence-electron chi connectivity index (χ4n) is 1.99. The molecule has 2 aromatic rings. The van der Waals surface area contributed by atoms with E-state index in [0.717, 1.165) is 5.56 Å². The van der Waals surface area contributed by atoms with Crippen molar-refractivity contribution in [1.82, 2.24) is 9.88 Å². The highest BCUT2D eigenvalue weighted by Crippen LogP contribution is 2.10. The van der Waals surface area contributed by atoms with Gasteiger partial charge in [-0.3, -0.25) is 4.79 Å². The smallest absolute Gasteiger partial charge is 0.354 e. The van der Waals surface area contributed by atoms with Crippen LogP contribution in [0.2, 0.25) is 0 Å². The number of carbonyl (C=O) groups excluding carboxylic acids is 1. The quantitative estimate of drug-likeness (QED) is 0.915. The van der Waals surface area contributed by atoms with Crippen molar-refractivity contribution in [2.75, 3.05) is 6.54 Å². The highest BCUT2D eigenvalue weighted by molar-refractivity contribution is 5.96. The molecule has 0 radical (unpaired) electrons. The van der Waals surface area contributed by atoms with Crippen LogP contribution in [0.1, 0.15) is 33.3 Å². The van der Waals surface area contributed by atoms with Crippen molar-refractivity contribution in [3.8, 4) is 0 Å². The number of pyridine rings is 1. The number of amides is 1. The number of hydrogen-bond acceptors (Lipinski definition) is 3. The molecule has 0 bridgehead atoms. The number of aromatic nitrogens is 1. The molecule has 0 aliphatic heterocycles. The Hall–Kier alpha value is -2.69. The first-order chi connectivity index (χ1) is 10.1. The van der Waals surface area contributed by atoms with E-state index in [1.54, 1.807) is 4.90 Å². The van der Waals surface area contributed by atoms with E-state index in [4.69, 9.17) is 5.11 Å². The van der Waals surface area contributed by atoms with Crippen molar-refractivity contribution in [1.29, 1.82) is 0 Å². The Morgan fingerprint density at radius 2 is 1.90 bits per heavy atom. The number of carboxylic acids is 1. The monoisotopic (exact) mass is 284 g/mol. The predicted molar refractivity (Wildman–Crippen MR) is 78.1 cm³/mol. The van der Waals surface area contributed by atoms with Crippen LogP contribution in [-0.2, 0) is 6.54 Å². The van der Waals surface area contributed by atoms with E-state index in [0.29, 0.717) is 18.7 Å². The molecule has 1 aromatic carbocycles. The molecular weight excluding hydrogens is 268 g/mol. The summed E-state index contributed by atoms with van der Waals surface area (Å²) in [6.07, 6.45) is 1.34. The molecule has 2 rings (SSSR count). The fourth-order valence-corrected chi connectivity index (χ4v) is 1.99. The summed E-state index contributed by atoms with van der Waals surface area (Å²) in [4.78, 5) is 28.8. The first-order valence-corrected chi connectivity index (χ1v) is 6.64. The average molecular weight is 284 g/mol. The number of hydrogen-bond donors (Lipinski definition) is 1. The van der Waals surface area contributed by atoms with Crippen molar-refractivity contribution < 1.29 is 14.7 Å². The molecule has 0 atom stereocenters. The van der Waals surface area contributed by atoms with Gasteiger partial charge in [-0.25, -0.2) is 9.78 Å². The van der Waals surface area contributed by atoms with Gasteiger partial charge in [-0.1, -0.05) is 30.3 Å². The van der Waals surface area contributed by atoms with Crippen LogP contribution < -0.4 is 0 Å². The van der Waals surface area contributed by atoms with Crippen LogP contribution in [-0.4, -0.2) is 33.4 Å². The molecule has 1 N–H and O–H groups in total. The minimum absolute atomic E-state index is 0.128. The predicted octanol–water partition coefficient (Wildman–Crippen LogP) is 2.44. The van der Waals surface area contributed by atoms with Gasteiger partial charge in [-0.05, 0) is 24.6 Å². The zero-order chi connectivity index (χ0) is 15.2. The number of aromatic carboxylic acids is 1. The van der Waals surface area contributed by atoms with Crippen LogP contribution >= 0.6 is 0 Å². The van der Waals surface area contributed by atoms with Crippen molar-refractivity contribution in [2.24, 2.45) is 0 Å². The molecule has 1 heterocycles. The summed E-state index contributed by atoms with van der Waals surface area (Å²) in [5.74, 6) is -1.35. The number of nitrogens with zero attached hydrogens (tertiary/aromatic N) is 2. The van der Waals surface area contributed by atoms with Gasteiger partial charge in [0.25, 0.3) is 5.91 Å². The Bertz CT molecular complexity index is 641. The maximum Gasteiger partial charge on any atom is 0.354 e. The minimum atomic E-state index is -1.14. The third-order valence-electron chi connectivity index (χ3n) is 3.11. The van der Waals surface area contributed by atoms with E-state index in [1.165, 1.54) is 18.3 Å². The van der Waals surface area contributed by atoms with Gasteiger partial charge in [-0.15, -0.1) is 0 Å².